The van der Waals surface area contributed by atoms with Crippen molar-refractivity contribution in [1.29, 1.82) is 0 Å². The Hall–Kier alpha value is -5.35. The minimum atomic E-state index is -1.24. The van der Waals surface area contributed by atoms with Crippen molar-refractivity contribution >= 4 is 52.9 Å². The number of carbonyl (C=O) groups is 9. The molecule has 412 valence electrons. The molecule has 0 saturated carbocycles. The summed E-state index contributed by atoms with van der Waals surface area (Å²) in [4.78, 5) is 126. The molecule has 1 heterocycles. The fourth-order valence-corrected chi connectivity index (χ4v) is 8.70. The van der Waals surface area contributed by atoms with Crippen molar-refractivity contribution in [2.24, 2.45) is 40.7 Å². The molecule has 1 fully saturated rings. The van der Waals surface area contributed by atoms with Crippen LogP contribution in [-0.4, -0.2) is 133 Å². The lowest BCUT2D eigenvalue weighted by atomic mass is 9.89. The molecule has 21 nitrogen and oxygen atoms in total. The molecule has 0 radical (unpaired) electrons. The smallest absolute Gasteiger partial charge is 0.243 e. The van der Waals surface area contributed by atoms with Gasteiger partial charge in [0, 0.05) is 37.8 Å². The molecule has 1 aromatic rings. The summed E-state index contributed by atoms with van der Waals surface area (Å²) in [5, 5.41) is 29.6. The van der Waals surface area contributed by atoms with Crippen molar-refractivity contribution in [3.63, 3.8) is 0 Å². The lowest BCUT2D eigenvalue weighted by Crippen LogP contribution is -2.59. The summed E-state index contributed by atoms with van der Waals surface area (Å²) in [5.74, 6) is -8.26. The average molecular weight is 1030 g/mol. The van der Waals surface area contributed by atoms with E-state index in [0.29, 0.717) is 24.8 Å². The number of amides is 7. The predicted octanol–water partition coefficient (Wildman–Crippen LogP) is 0.161. The summed E-state index contributed by atoms with van der Waals surface area (Å²) in [6, 6.07) is 1.73. The zero-order valence-electron chi connectivity index (χ0n) is 43.9. The van der Waals surface area contributed by atoms with E-state index in [1.807, 2.05) is 20.8 Å². The maximum atomic E-state index is 14.4. The average Bonchev–Trinajstić information content (AvgIpc) is 3.35. The first-order chi connectivity index (χ1) is 34.9. The number of benzene rings is 1. The molecule has 1 aliphatic rings. The highest BCUT2D eigenvalue weighted by Crippen LogP contribution is 2.19. The molecular formula is C52H89N11O10. The first-order valence-corrected chi connectivity index (χ1v) is 26.6. The van der Waals surface area contributed by atoms with Crippen molar-refractivity contribution in [1.82, 2.24) is 37.2 Å². The number of hydrogen-bond donors (Lipinski definition) is 12. The van der Waals surface area contributed by atoms with Crippen LogP contribution in [0.4, 0.5) is 0 Å². The predicted molar refractivity (Wildman–Crippen MR) is 279 cm³/mol. The Morgan fingerprint density at radius 2 is 1.16 bits per heavy atom. The summed E-state index contributed by atoms with van der Waals surface area (Å²) in [7, 11) is 0. The first kappa shape index (κ1) is 63.8. The second-order valence-electron chi connectivity index (χ2n) is 19.7. The standard InChI is InChI=1S/C52H89N11O10/c1-5-7-9-10-14-17-37(64)31-46(67)58-43(32-56)45(66)29-35-22-26-57-49(70)42(27-33(3)4)63-52(73)41(21-25-55)62-51(72)40(20-24-54)61-50(71)39(18-8-6-2)60-48(69)36(28-34-15-12-11-13-16-34)30-44(65)38(19-23-53)59-47(35)68/h11-13,15-16,33,35-43,64H,5-10,14,17-32,53-56H2,1-4H3,(H,57,70)(H,58,67)(H,59,68)(H,60,69)(H,61,71)(H,62,72)(H,63,73)/t35-,36+,37-,38+,39+,40+,41+,42+,43-/m1/s1. The highest BCUT2D eigenvalue weighted by Gasteiger charge is 2.35. The molecular weight excluding hydrogens is 939 g/mol. The van der Waals surface area contributed by atoms with Crippen molar-refractivity contribution < 1.29 is 48.3 Å². The third-order valence-corrected chi connectivity index (χ3v) is 12.9. The number of carbonyl (C=O) groups excluding carboxylic acids is 9. The summed E-state index contributed by atoms with van der Waals surface area (Å²) < 4.78 is 0. The van der Waals surface area contributed by atoms with Crippen molar-refractivity contribution in [3.8, 4) is 0 Å². The number of nitrogens with one attached hydrogen (secondary N) is 7. The summed E-state index contributed by atoms with van der Waals surface area (Å²) in [6.45, 7) is 7.07. The van der Waals surface area contributed by atoms with Crippen molar-refractivity contribution in [2.75, 3.05) is 32.7 Å². The maximum absolute atomic E-state index is 14.4. The molecule has 0 bridgehead atoms. The van der Waals surface area contributed by atoms with Gasteiger partial charge in [0.05, 0.1) is 24.6 Å². The SMILES string of the molecule is CCCCCCC[C@@H](O)CC(=O)N[C@H](CN)C(=O)C[C@H]1CCNC(=O)[C@H](CC(C)C)NC(=O)[C@H](CCN)NC(=O)[C@H](CCN)NC(=O)[C@H](CCCC)NC(=O)[C@@H](Cc2ccccc2)CC(=O)[C@H](CCN)NC1=O. The lowest BCUT2D eigenvalue weighted by molar-refractivity contribution is -0.136. The zero-order chi connectivity index (χ0) is 54.3. The van der Waals surface area contributed by atoms with Crippen molar-refractivity contribution in [2.45, 2.75) is 186 Å². The Labute approximate surface area is 432 Å². The molecule has 0 spiro atoms. The van der Waals surface area contributed by atoms with Crippen LogP contribution in [0, 0.1) is 17.8 Å². The Kier molecular flexibility index (Phi) is 31.2. The first-order valence-electron chi connectivity index (χ1n) is 26.6. The highest BCUT2D eigenvalue weighted by atomic mass is 16.3. The molecule has 21 heteroatoms. The lowest BCUT2D eigenvalue weighted by Gasteiger charge is -2.27. The van der Waals surface area contributed by atoms with Gasteiger partial charge in [-0.15, -0.1) is 0 Å². The van der Waals surface area contributed by atoms with Crippen LogP contribution in [0.15, 0.2) is 30.3 Å². The van der Waals surface area contributed by atoms with Crippen LogP contribution in [-0.2, 0) is 49.6 Å². The van der Waals surface area contributed by atoms with Gasteiger partial charge in [-0.05, 0) is 82.5 Å². The van der Waals surface area contributed by atoms with Crippen molar-refractivity contribution in [3.05, 3.63) is 35.9 Å². The number of rotatable bonds is 26. The number of ketones is 2. The molecule has 16 N–H and O–H groups in total. The van der Waals surface area contributed by atoms with Crippen LogP contribution in [0.5, 0.6) is 0 Å². The number of nitrogens with two attached hydrogens (primary N) is 4. The molecule has 0 aliphatic carbocycles. The maximum Gasteiger partial charge on any atom is 0.243 e. The molecule has 9 atom stereocenters. The van der Waals surface area contributed by atoms with Gasteiger partial charge in [0.2, 0.25) is 41.4 Å². The molecule has 0 aromatic heterocycles. The summed E-state index contributed by atoms with van der Waals surface area (Å²) in [5.41, 5.74) is 24.5. The normalized spacial score (nSPS) is 23.3. The molecule has 0 unspecified atom stereocenters. The van der Waals surface area contributed by atoms with Gasteiger partial charge in [0.1, 0.15) is 24.2 Å². The molecule has 2 rings (SSSR count). The van der Waals surface area contributed by atoms with E-state index in [2.05, 4.69) is 44.1 Å². The number of unbranched alkanes of at least 4 members (excludes halogenated alkanes) is 5. The van der Waals surface area contributed by atoms with Gasteiger partial charge >= 0.3 is 0 Å². The van der Waals surface area contributed by atoms with E-state index in [0.717, 1.165) is 32.1 Å². The largest absolute Gasteiger partial charge is 0.393 e. The molecule has 1 aromatic carbocycles. The van der Waals surface area contributed by atoms with Crippen LogP contribution in [0.25, 0.3) is 0 Å². The van der Waals surface area contributed by atoms with Gasteiger partial charge in [-0.2, -0.15) is 0 Å². The number of aliphatic hydroxyl groups excluding tert-OH is 1. The third-order valence-electron chi connectivity index (χ3n) is 12.9. The van der Waals surface area contributed by atoms with Gasteiger partial charge in [0.25, 0.3) is 0 Å². The molecule has 73 heavy (non-hydrogen) atoms. The van der Waals surface area contributed by atoms with E-state index < -0.39 is 120 Å². The number of Topliss-reactive ketones (excluding diaryl/α,β-unsaturated/α-hetero) is 2. The highest BCUT2D eigenvalue weighted by molar-refractivity contribution is 5.98. The van der Waals surface area contributed by atoms with Gasteiger partial charge < -0.3 is 65.3 Å². The van der Waals surface area contributed by atoms with Crippen LogP contribution in [0.2, 0.25) is 0 Å². The second kappa shape index (κ2) is 35.7. The topological polar surface area (TPSA) is 362 Å². The van der Waals surface area contributed by atoms with Gasteiger partial charge in [-0.25, -0.2) is 0 Å². The van der Waals surface area contributed by atoms with Crippen LogP contribution in [0.3, 0.4) is 0 Å². The Morgan fingerprint density at radius 1 is 0.644 bits per heavy atom. The van der Waals surface area contributed by atoms with E-state index in [4.69, 9.17) is 22.9 Å². The minimum Gasteiger partial charge on any atom is -0.393 e. The second-order valence-corrected chi connectivity index (χ2v) is 19.7. The van der Waals surface area contributed by atoms with E-state index in [9.17, 15) is 48.3 Å². The van der Waals surface area contributed by atoms with Crippen LogP contribution >= 0.6 is 0 Å². The number of aliphatic hydroxyl groups is 1. The summed E-state index contributed by atoms with van der Waals surface area (Å²) >= 11 is 0. The Morgan fingerprint density at radius 3 is 1.73 bits per heavy atom. The summed E-state index contributed by atoms with van der Waals surface area (Å²) in [6.07, 6.45) is 4.49. The minimum absolute atomic E-state index is 0.0277. The molecule has 1 aliphatic heterocycles. The Bertz CT molecular complexity index is 1890. The van der Waals surface area contributed by atoms with E-state index in [1.165, 1.54) is 0 Å². The van der Waals surface area contributed by atoms with Crippen LogP contribution < -0.4 is 60.2 Å². The van der Waals surface area contributed by atoms with Gasteiger partial charge in [-0.1, -0.05) is 103 Å². The van der Waals surface area contributed by atoms with E-state index in [1.54, 1.807) is 30.3 Å². The fraction of sp³-hybridized carbons (Fsp3) is 0.712. The quantitative estimate of drug-likeness (QED) is 0.0551. The van der Waals surface area contributed by atoms with Gasteiger partial charge in [0.15, 0.2) is 11.6 Å². The van der Waals surface area contributed by atoms with Crippen LogP contribution in [0.1, 0.15) is 142 Å². The van der Waals surface area contributed by atoms with E-state index in [-0.39, 0.29) is 90.0 Å². The van der Waals surface area contributed by atoms with Gasteiger partial charge in [-0.3, -0.25) is 43.2 Å². The third kappa shape index (κ3) is 24.5. The fourth-order valence-electron chi connectivity index (χ4n) is 8.70. The Balaban J connectivity index is 2.65. The number of hydrogen-bond acceptors (Lipinski definition) is 14. The zero-order valence-corrected chi connectivity index (χ0v) is 43.9. The van der Waals surface area contributed by atoms with E-state index >= 15 is 0 Å². The monoisotopic (exact) mass is 1030 g/mol. The molecule has 1 saturated heterocycles. The molecule has 7 amide bonds.